The molecule has 0 saturated heterocycles. The lowest BCUT2D eigenvalue weighted by Crippen LogP contribution is -2.07. The van der Waals surface area contributed by atoms with Gasteiger partial charge in [0.25, 0.3) is 0 Å². The molecule has 0 amide bonds. The Balaban J connectivity index is 3.11. The molecule has 0 atom stereocenters. The second kappa shape index (κ2) is 3.89. The highest BCUT2D eigenvalue weighted by molar-refractivity contribution is 5.88. The van der Waals surface area contributed by atoms with Crippen LogP contribution in [0, 0.1) is 6.92 Å². The van der Waals surface area contributed by atoms with Crippen LogP contribution >= 0.6 is 0 Å². The van der Waals surface area contributed by atoms with Gasteiger partial charge in [-0.2, -0.15) is 0 Å². The van der Waals surface area contributed by atoms with Crippen LogP contribution in [0.5, 0.6) is 5.88 Å². The number of carbonyl (C=O) groups is 1. The molecule has 0 N–H and O–H groups in total. The van der Waals surface area contributed by atoms with Gasteiger partial charge in [-0.05, 0) is 12.5 Å². The summed E-state index contributed by atoms with van der Waals surface area (Å²) >= 11 is 0. The highest BCUT2D eigenvalue weighted by atomic mass is 16.5. The number of pyridine rings is 1. The van der Waals surface area contributed by atoms with Crippen molar-refractivity contribution in [2.75, 3.05) is 14.2 Å². The lowest BCUT2D eigenvalue weighted by atomic mass is 10.2. The Morgan fingerprint density at radius 3 is 2.62 bits per heavy atom. The van der Waals surface area contributed by atoms with Crippen molar-refractivity contribution >= 4 is 5.97 Å². The third-order valence-corrected chi connectivity index (χ3v) is 1.66. The molecule has 0 unspecified atom stereocenters. The van der Waals surface area contributed by atoms with Crippen LogP contribution in [0.3, 0.4) is 0 Å². The molecular formula is C9H11NO3. The van der Waals surface area contributed by atoms with E-state index in [4.69, 9.17) is 4.74 Å². The molecule has 13 heavy (non-hydrogen) atoms. The molecular weight excluding hydrogens is 170 g/mol. The van der Waals surface area contributed by atoms with Gasteiger partial charge in [0.2, 0.25) is 5.88 Å². The van der Waals surface area contributed by atoms with E-state index in [1.54, 1.807) is 19.1 Å². The first-order valence-electron chi connectivity index (χ1n) is 3.79. The summed E-state index contributed by atoms with van der Waals surface area (Å²) in [6, 6.07) is 3.46. The average Bonchev–Trinajstić information content (AvgIpc) is 2.17. The summed E-state index contributed by atoms with van der Waals surface area (Å²) in [6.07, 6.45) is 0. The average molecular weight is 181 g/mol. The van der Waals surface area contributed by atoms with Crippen LogP contribution in [0.25, 0.3) is 0 Å². The Hall–Kier alpha value is -1.58. The molecule has 1 aromatic heterocycles. The number of carbonyl (C=O) groups excluding carboxylic acids is 1. The summed E-state index contributed by atoms with van der Waals surface area (Å²) in [6.45, 7) is 1.79. The molecule has 70 valence electrons. The summed E-state index contributed by atoms with van der Waals surface area (Å²) < 4.78 is 9.45. The number of aryl methyl sites for hydroxylation is 1. The fourth-order valence-corrected chi connectivity index (χ4v) is 0.928. The molecule has 1 rings (SSSR count). The quantitative estimate of drug-likeness (QED) is 0.643. The van der Waals surface area contributed by atoms with E-state index in [1.807, 2.05) is 0 Å². The molecule has 0 bridgehead atoms. The molecule has 1 heterocycles. The second-order valence-electron chi connectivity index (χ2n) is 2.51. The van der Waals surface area contributed by atoms with Crippen molar-refractivity contribution in [3.05, 3.63) is 23.4 Å². The van der Waals surface area contributed by atoms with Crippen molar-refractivity contribution in [2.24, 2.45) is 0 Å². The van der Waals surface area contributed by atoms with Crippen LogP contribution in [0.15, 0.2) is 12.1 Å². The van der Waals surface area contributed by atoms with Gasteiger partial charge in [-0.1, -0.05) is 6.07 Å². The molecule has 0 aromatic carbocycles. The monoisotopic (exact) mass is 181 g/mol. The first-order chi connectivity index (χ1) is 6.19. The van der Waals surface area contributed by atoms with Gasteiger partial charge in [-0.25, -0.2) is 9.78 Å². The zero-order valence-electron chi connectivity index (χ0n) is 7.83. The zero-order valence-corrected chi connectivity index (χ0v) is 7.83. The fourth-order valence-electron chi connectivity index (χ4n) is 0.928. The number of methoxy groups -OCH3 is 2. The summed E-state index contributed by atoms with van der Waals surface area (Å²) in [4.78, 5) is 15.1. The SMILES string of the molecule is COC(=O)c1nc(OC)ccc1C. The molecule has 4 nitrogen and oxygen atoms in total. The Labute approximate surface area is 76.5 Å². The van der Waals surface area contributed by atoms with E-state index in [-0.39, 0.29) is 0 Å². The summed E-state index contributed by atoms with van der Waals surface area (Å²) in [5.74, 6) is -0.0394. The molecule has 0 aliphatic carbocycles. The number of hydrogen-bond donors (Lipinski definition) is 0. The van der Waals surface area contributed by atoms with E-state index < -0.39 is 5.97 Å². The van der Waals surface area contributed by atoms with Crippen molar-refractivity contribution in [1.29, 1.82) is 0 Å². The number of aromatic nitrogens is 1. The highest BCUT2D eigenvalue weighted by Gasteiger charge is 2.11. The minimum Gasteiger partial charge on any atom is -0.481 e. The highest BCUT2D eigenvalue weighted by Crippen LogP contribution is 2.12. The van der Waals surface area contributed by atoms with E-state index in [1.165, 1.54) is 14.2 Å². The van der Waals surface area contributed by atoms with Gasteiger partial charge < -0.3 is 9.47 Å². The molecule has 0 aliphatic rings. The molecule has 0 saturated carbocycles. The molecule has 0 fully saturated rings. The van der Waals surface area contributed by atoms with E-state index in [2.05, 4.69) is 9.72 Å². The van der Waals surface area contributed by atoms with Crippen LogP contribution in [0.4, 0.5) is 0 Å². The predicted molar refractivity (Wildman–Crippen MR) is 46.9 cm³/mol. The van der Waals surface area contributed by atoms with E-state index in [0.717, 1.165) is 5.56 Å². The Morgan fingerprint density at radius 2 is 2.08 bits per heavy atom. The number of ether oxygens (including phenoxy) is 2. The number of hydrogen-bond acceptors (Lipinski definition) is 4. The summed E-state index contributed by atoms with van der Waals surface area (Å²) in [5.41, 5.74) is 1.06. The van der Waals surface area contributed by atoms with Crippen LogP contribution < -0.4 is 4.74 Å². The Bertz CT molecular complexity index is 323. The molecule has 0 spiro atoms. The van der Waals surface area contributed by atoms with Crippen molar-refractivity contribution in [2.45, 2.75) is 6.92 Å². The number of esters is 1. The minimum absolute atomic E-state index is 0.293. The van der Waals surface area contributed by atoms with Gasteiger partial charge in [0.15, 0.2) is 5.69 Å². The van der Waals surface area contributed by atoms with Crippen LogP contribution in [0.2, 0.25) is 0 Å². The van der Waals surface area contributed by atoms with Crippen molar-refractivity contribution < 1.29 is 14.3 Å². The topological polar surface area (TPSA) is 48.4 Å². The maximum atomic E-state index is 11.2. The Kier molecular flexibility index (Phi) is 2.84. The largest absolute Gasteiger partial charge is 0.481 e. The van der Waals surface area contributed by atoms with Crippen molar-refractivity contribution in [1.82, 2.24) is 4.98 Å². The summed E-state index contributed by atoms with van der Waals surface area (Å²) in [5, 5.41) is 0. The first-order valence-corrected chi connectivity index (χ1v) is 3.79. The lowest BCUT2D eigenvalue weighted by molar-refractivity contribution is 0.0592. The first kappa shape index (κ1) is 9.51. The second-order valence-corrected chi connectivity index (χ2v) is 2.51. The van der Waals surface area contributed by atoms with Gasteiger partial charge in [0.1, 0.15) is 0 Å². The van der Waals surface area contributed by atoms with Gasteiger partial charge in [-0.15, -0.1) is 0 Å². The summed E-state index contributed by atoms with van der Waals surface area (Å²) in [7, 11) is 2.82. The third kappa shape index (κ3) is 1.96. The maximum absolute atomic E-state index is 11.2. The molecule has 0 aliphatic heterocycles. The van der Waals surface area contributed by atoms with Crippen molar-refractivity contribution in [3.8, 4) is 5.88 Å². The van der Waals surface area contributed by atoms with Crippen LogP contribution in [0.1, 0.15) is 16.1 Å². The smallest absolute Gasteiger partial charge is 0.357 e. The molecule has 4 heteroatoms. The van der Waals surface area contributed by atoms with E-state index in [9.17, 15) is 4.79 Å². The van der Waals surface area contributed by atoms with E-state index in [0.29, 0.717) is 11.6 Å². The van der Waals surface area contributed by atoms with Gasteiger partial charge in [0, 0.05) is 6.07 Å². The molecule has 1 aromatic rings. The van der Waals surface area contributed by atoms with E-state index >= 15 is 0 Å². The third-order valence-electron chi connectivity index (χ3n) is 1.66. The minimum atomic E-state index is -0.448. The van der Waals surface area contributed by atoms with Gasteiger partial charge >= 0.3 is 5.97 Å². The Morgan fingerprint density at radius 1 is 1.38 bits per heavy atom. The molecule has 0 radical (unpaired) electrons. The van der Waals surface area contributed by atoms with Crippen LogP contribution in [-0.4, -0.2) is 25.2 Å². The fraction of sp³-hybridized carbons (Fsp3) is 0.333. The zero-order chi connectivity index (χ0) is 9.84. The number of nitrogens with zero attached hydrogens (tertiary/aromatic N) is 1. The van der Waals surface area contributed by atoms with Crippen LogP contribution in [-0.2, 0) is 4.74 Å². The lowest BCUT2D eigenvalue weighted by Gasteiger charge is -2.04. The van der Waals surface area contributed by atoms with Crippen molar-refractivity contribution in [3.63, 3.8) is 0 Å². The number of rotatable bonds is 2. The standard InChI is InChI=1S/C9H11NO3/c1-6-4-5-7(12-2)10-8(6)9(11)13-3/h4-5H,1-3H3. The normalized spacial score (nSPS) is 9.46. The maximum Gasteiger partial charge on any atom is 0.357 e. The van der Waals surface area contributed by atoms with Gasteiger partial charge in [-0.3, -0.25) is 0 Å². The van der Waals surface area contributed by atoms with Gasteiger partial charge in [0.05, 0.1) is 14.2 Å². The predicted octanol–water partition coefficient (Wildman–Crippen LogP) is 1.19.